The van der Waals surface area contributed by atoms with Crippen molar-refractivity contribution in [1.82, 2.24) is 4.90 Å². The van der Waals surface area contributed by atoms with Gasteiger partial charge in [-0.1, -0.05) is 59.6 Å². The Kier molecular flexibility index (Phi) is 5.90. The van der Waals surface area contributed by atoms with E-state index in [0.717, 1.165) is 39.1 Å². The first-order chi connectivity index (χ1) is 15.2. The maximum atomic E-state index is 13.6. The van der Waals surface area contributed by atoms with Gasteiger partial charge < -0.3 is 5.32 Å². The smallest absolute Gasteiger partial charge is 0.278 e. The predicted molar refractivity (Wildman–Crippen MR) is 129 cm³/mol. The highest BCUT2D eigenvalue weighted by Gasteiger charge is 2.39. The number of imide groups is 1. The zero-order chi connectivity index (χ0) is 23.0. The minimum Gasteiger partial charge on any atom is -0.350 e. The molecule has 3 aromatic carbocycles. The van der Waals surface area contributed by atoms with Crippen LogP contribution in [0, 0.1) is 27.7 Å². The van der Waals surface area contributed by atoms with Gasteiger partial charge in [-0.05, 0) is 73.7 Å². The van der Waals surface area contributed by atoms with Crippen molar-refractivity contribution in [1.29, 1.82) is 0 Å². The van der Waals surface area contributed by atoms with E-state index in [9.17, 15) is 9.59 Å². The lowest BCUT2D eigenvalue weighted by Gasteiger charge is -2.16. The largest absolute Gasteiger partial charge is 0.350 e. The summed E-state index contributed by atoms with van der Waals surface area (Å²) in [4.78, 5) is 28.4. The first-order valence-corrected chi connectivity index (χ1v) is 10.9. The molecule has 0 bridgehead atoms. The van der Waals surface area contributed by atoms with Crippen LogP contribution in [0.4, 0.5) is 5.69 Å². The molecule has 0 unspecified atom stereocenters. The number of aryl methyl sites for hydroxylation is 4. The first kappa shape index (κ1) is 21.8. The van der Waals surface area contributed by atoms with E-state index in [2.05, 4.69) is 5.32 Å². The van der Waals surface area contributed by atoms with Crippen molar-refractivity contribution in [2.45, 2.75) is 34.2 Å². The van der Waals surface area contributed by atoms with Gasteiger partial charge in [0, 0.05) is 10.7 Å². The van der Waals surface area contributed by atoms with Crippen LogP contribution in [0.1, 0.15) is 33.4 Å². The lowest BCUT2D eigenvalue weighted by atomic mass is 9.97. The van der Waals surface area contributed by atoms with Gasteiger partial charge in [-0.25, -0.2) is 0 Å². The number of nitrogens with zero attached hydrogens (tertiary/aromatic N) is 1. The Bertz CT molecular complexity index is 1260. The molecule has 4 nitrogen and oxygen atoms in total. The number of carbonyl (C=O) groups is 2. The highest BCUT2D eigenvalue weighted by molar-refractivity contribution is 6.36. The number of nitrogens with one attached hydrogen (secondary N) is 1. The molecule has 0 spiro atoms. The molecule has 1 aliphatic heterocycles. The van der Waals surface area contributed by atoms with Crippen LogP contribution >= 0.6 is 11.6 Å². The predicted octanol–water partition coefficient (Wildman–Crippen LogP) is 5.97. The molecular formula is C27H25ClN2O2. The fourth-order valence-electron chi connectivity index (χ4n) is 3.96. The van der Waals surface area contributed by atoms with Gasteiger partial charge in [-0.15, -0.1) is 0 Å². The van der Waals surface area contributed by atoms with Crippen LogP contribution in [0.15, 0.2) is 66.4 Å². The Morgan fingerprint density at radius 3 is 2.12 bits per heavy atom. The number of benzene rings is 3. The summed E-state index contributed by atoms with van der Waals surface area (Å²) in [5, 5.41) is 3.90. The van der Waals surface area contributed by atoms with E-state index in [0.29, 0.717) is 16.3 Å². The van der Waals surface area contributed by atoms with E-state index in [1.165, 1.54) is 4.90 Å². The molecule has 0 atom stereocenters. The van der Waals surface area contributed by atoms with Crippen molar-refractivity contribution in [3.8, 4) is 0 Å². The summed E-state index contributed by atoms with van der Waals surface area (Å²) in [5.74, 6) is -0.634. The molecular weight excluding hydrogens is 420 g/mol. The second-order valence-corrected chi connectivity index (χ2v) is 8.77. The molecule has 1 N–H and O–H groups in total. The summed E-state index contributed by atoms with van der Waals surface area (Å²) >= 11 is 5.99. The second-order valence-electron chi connectivity index (χ2n) is 8.33. The van der Waals surface area contributed by atoms with Crippen LogP contribution in [-0.4, -0.2) is 16.7 Å². The summed E-state index contributed by atoms with van der Waals surface area (Å²) in [6.45, 7) is 8.13. The Morgan fingerprint density at radius 1 is 0.781 bits per heavy atom. The Balaban J connectivity index is 1.80. The third kappa shape index (κ3) is 4.19. The lowest BCUT2D eigenvalue weighted by molar-refractivity contribution is -0.137. The van der Waals surface area contributed by atoms with Gasteiger partial charge in [0.2, 0.25) is 0 Å². The first-order valence-electron chi connectivity index (χ1n) is 10.5. The van der Waals surface area contributed by atoms with E-state index in [1.54, 1.807) is 12.1 Å². The molecule has 0 saturated carbocycles. The SMILES string of the molecule is Cc1ccc(C2=C(Nc3cc(C)ccc3C)C(=O)N(Cc3ccc(Cl)cc3)C2=O)c(C)c1. The van der Waals surface area contributed by atoms with Crippen LogP contribution < -0.4 is 5.32 Å². The maximum absolute atomic E-state index is 13.6. The van der Waals surface area contributed by atoms with Crippen molar-refractivity contribution in [2.75, 3.05) is 5.32 Å². The van der Waals surface area contributed by atoms with Crippen LogP contribution in [0.25, 0.3) is 5.57 Å². The fourth-order valence-corrected chi connectivity index (χ4v) is 4.08. The zero-order valence-electron chi connectivity index (χ0n) is 18.6. The summed E-state index contributed by atoms with van der Waals surface area (Å²) < 4.78 is 0. The standard InChI is InChI=1S/C27H25ClN2O2/c1-16-6-12-22(19(4)13-16)24-25(29-23-14-17(2)5-7-18(23)3)27(32)30(26(24)31)15-20-8-10-21(28)11-9-20/h5-14,29H,15H2,1-4H3. The molecule has 5 heteroatoms. The summed E-state index contributed by atoms with van der Waals surface area (Å²) in [5.41, 5.74) is 7.26. The number of hydrogen-bond acceptors (Lipinski definition) is 3. The Hall–Kier alpha value is -3.37. The summed E-state index contributed by atoms with van der Waals surface area (Å²) in [6.07, 6.45) is 0. The number of rotatable bonds is 5. The molecule has 0 aliphatic carbocycles. The zero-order valence-corrected chi connectivity index (χ0v) is 19.4. The second kappa shape index (κ2) is 8.64. The highest BCUT2D eigenvalue weighted by Crippen LogP contribution is 2.34. The summed E-state index contributed by atoms with van der Waals surface area (Å²) in [7, 11) is 0. The number of hydrogen-bond donors (Lipinski definition) is 1. The van der Waals surface area contributed by atoms with Crippen LogP contribution in [0.5, 0.6) is 0 Å². The molecule has 0 radical (unpaired) electrons. The number of carbonyl (C=O) groups excluding carboxylic acids is 2. The average Bonchev–Trinajstić information content (AvgIpc) is 2.97. The minimum atomic E-state index is -0.333. The molecule has 1 aliphatic rings. The molecule has 2 amide bonds. The van der Waals surface area contributed by atoms with E-state index < -0.39 is 0 Å². The van der Waals surface area contributed by atoms with Gasteiger partial charge in [0.15, 0.2) is 0 Å². The molecule has 0 saturated heterocycles. The van der Waals surface area contributed by atoms with Gasteiger partial charge in [0.1, 0.15) is 5.70 Å². The molecule has 162 valence electrons. The average molecular weight is 445 g/mol. The van der Waals surface area contributed by atoms with E-state index >= 15 is 0 Å². The Morgan fingerprint density at radius 2 is 1.44 bits per heavy atom. The van der Waals surface area contributed by atoms with Crippen molar-refractivity contribution in [2.24, 2.45) is 0 Å². The molecule has 32 heavy (non-hydrogen) atoms. The van der Waals surface area contributed by atoms with Gasteiger partial charge in [0.05, 0.1) is 12.1 Å². The van der Waals surface area contributed by atoms with Crippen molar-refractivity contribution < 1.29 is 9.59 Å². The fraction of sp³-hybridized carbons (Fsp3) is 0.185. The van der Waals surface area contributed by atoms with Crippen molar-refractivity contribution in [3.05, 3.63) is 105 Å². The molecule has 1 heterocycles. The van der Waals surface area contributed by atoms with Crippen LogP contribution in [0.3, 0.4) is 0 Å². The minimum absolute atomic E-state index is 0.182. The van der Waals surface area contributed by atoms with Gasteiger partial charge in [0.25, 0.3) is 11.8 Å². The maximum Gasteiger partial charge on any atom is 0.278 e. The van der Waals surface area contributed by atoms with Gasteiger partial charge in [-0.3, -0.25) is 14.5 Å². The number of halogens is 1. The van der Waals surface area contributed by atoms with E-state index in [1.807, 2.05) is 76.2 Å². The van der Waals surface area contributed by atoms with Crippen molar-refractivity contribution in [3.63, 3.8) is 0 Å². The number of anilines is 1. The molecule has 0 aromatic heterocycles. The third-order valence-electron chi connectivity index (χ3n) is 5.73. The molecule has 0 fully saturated rings. The lowest BCUT2D eigenvalue weighted by Crippen LogP contribution is -2.32. The molecule has 3 aromatic rings. The normalized spacial score (nSPS) is 13.8. The Labute approximate surface area is 193 Å². The molecule has 4 rings (SSSR count). The van der Waals surface area contributed by atoms with E-state index in [4.69, 9.17) is 11.6 Å². The van der Waals surface area contributed by atoms with Crippen LogP contribution in [0.2, 0.25) is 5.02 Å². The van der Waals surface area contributed by atoms with Crippen LogP contribution in [-0.2, 0) is 16.1 Å². The van der Waals surface area contributed by atoms with E-state index in [-0.39, 0.29) is 18.4 Å². The third-order valence-corrected chi connectivity index (χ3v) is 5.98. The topological polar surface area (TPSA) is 49.4 Å². The monoisotopic (exact) mass is 444 g/mol. The highest BCUT2D eigenvalue weighted by atomic mass is 35.5. The summed E-state index contributed by atoms with van der Waals surface area (Å²) in [6, 6.07) is 19.1. The van der Waals surface area contributed by atoms with Gasteiger partial charge >= 0.3 is 0 Å². The quantitative estimate of drug-likeness (QED) is 0.493. The van der Waals surface area contributed by atoms with Gasteiger partial charge in [-0.2, -0.15) is 0 Å². The number of amides is 2. The van der Waals surface area contributed by atoms with Crippen molar-refractivity contribution >= 4 is 34.7 Å².